The van der Waals surface area contributed by atoms with Crippen LogP contribution in [0, 0.1) is 30.6 Å². The van der Waals surface area contributed by atoms with Crippen LogP contribution < -0.4 is 0 Å². The SMILES string of the molecule is Cc1ccc(C(=O)N2CCCC(C)(C)[C@@H]2C#N)nc1C. The minimum atomic E-state index is -0.382. The topological polar surface area (TPSA) is 57.0 Å². The summed E-state index contributed by atoms with van der Waals surface area (Å²) in [7, 11) is 0. The number of nitriles is 1. The fourth-order valence-corrected chi connectivity index (χ4v) is 2.75. The average molecular weight is 271 g/mol. The molecule has 1 atom stereocenters. The number of piperidine rings is 1. The van der Waals surface area contributed by atoms with E-state index in [1.807, 2.05) is 33.8 Å². The Morgan fingerprint density at radius 2 is 2.15 bits per heavy atom. The van der Waals surface area contributed by atoms with Gasteiger partial charge in [0, 0.05) is 12.2 Å². The number of hydrogen-bond acceptors (Lipinski definition) is 3. The number of carbonyl (C=O) groups is 1. The first kappa shape index (κ1) is 14.5. The normalized spacial score (nSPS) is 21.4. The van der Waals surface area contributed by atoms with Crippen molar-refractivity contribution in [2.75, 3.05) is 6.54 Å². The van der Waals surface area contributed by atoms with Gasteiger partial charge in [-0.15, -0.1) is 0 Å². The van der Waals surface area contributed by atoms with E-state index in [4.69, 9.17) is 0 Å². The van der Waals surface area contributed by atoms with E-state index in [-0.39, 0.29) is 17.4 Å². The van der Waals surface area contributed by atoms with Gasteiger partial charge in [-0.05, 0) is 43.7 Å². The molecule has 1 saturated heterocycles. The second kappa shape index (κ2) is 5.24. The molecule has 1 aliphatic heterocycles. The molecule has 4 heteroatoms. The van der Waals surface area contributed by atoms with Gasteiger partial charge in [0.25, 0.3) is 5.91 Å². The Morgan fingerprint density at radius 3 is 2.75 bits per heavy atom. The average Bonchev–Trinajstić information content (AvgIpc) is 2.39. The summed E-state index contributed by atoms with van der Waals surface area (Å²) in [6.07, 6.45) is 1.90. The lowest BCUT2D eigenvalue weighted by molar-refractivity contribution is 0.0432. The van der Waals surface area contributed by atoms with E-state index in [1.165, 1.54) is 0 Å². The van der Waals surface area contributed by atoms with Gasteiger partial charge in [-0.3, -0.25) is 4.79 Å². The van der Waals surface area contributed by atoms with Crippen LogP contribution in [0.4, 0.5) is 0 Å². The van der Waals surface area contributed by atoms with E-state index in [1.54, 1.807) is 11.0 Å². The number of likely N-dealkylation sites (tertiary alicyclic amines) is 1. The van der Waals surface area contributed by atoms with Crippen molar-refractivity contribution in [3.8, 4) is 6.07 Å². The molecule has 0 aliphatic carbocycles. The van der Waals surface area contributed by atoms with E-state index >= 15 is 0 Å². The van der Waals surface area contributed by atoms with Crippen LogP contribution in [0.5, 0.6) is 0 Å². The Hall–Kier alpha value is -1.89. The number of carbonyl (C=O) groups excluding carboxylic acids is 1. The van der Waals surface area contributed by atoms with Gasteiger partial charge in [-0.2, -0.15) is 5.26 Å². The lowest BCUT2D eigenvalue weighted by Crippen LogP contribution is -2.51. The maximum Gasteiger partial charge on any atom is 0.273 e. The number of rotatable bonds is 1. The third-order valence-electron chi connectivity index (χ3n) is 4.22. The van der Waals surface area contributed by atoms with Crippen LogP contribution in [0.25, 0.3) is 0 Å². The van der Waals surface area contributed by atoms with Crippen molar-refractivity contribution >= 4 is 5.91 Å². The predicted octanol–water partition coefficient (Wildman–Crippen LogP) is 2.85. The molecule has 1 aliphatic rings. The molecule has 0 bridgehead atoms. The Labute approximate surface area is 120 Å². The molecule has 0 aromatic carbocycles. The van der Waals surface area contributed by atoms with Crippen molar-refractivity contribution in [1.82, 2.24) is 9.88 Å². The maximum atomic E-state index is 12.6. The first-order valence-electron chi connectivity index (χ1n) is 7.01. The van der Waals surface area contributed by atoms with Crippen molar-refractivity contribution in [2.24, 2.45) is 5.41 Å². The highest BCUT2D eigenvalue weighted by Crippen LogP contribution is 2.35. The van der Waals surface area contributed by atoms with Crippen LogP contribution in [0.15, 0.2) is 12.1 Å². The monoisotopic (exact) mass is 271 g/mol. The summed E-state index contributed by atoms with van der Waals surface area (Å²) in [6, 6.07) is 5.58. The highest BCUT2D eigenvalue weighted by Gasteiger charge is 2.40. The Kier molecular flexibility index (Phi) is 3.80. The van der Waals surface area contributed by atoms with Crippen molar-refractivity contribution in [3.05, 3.63) is 29.1 Å². The highest BCUT2D eigenvalue weighted by molar-refractivity contribution is 5.93. The second-order valence-electron chi connectivity index (χ2n) is 6.22. The maximum absolute atomic E-state index is 12.6. The van der Waals surface area contributed by atoms with Gasteiger partial charge < -0.3 is 4.90 Å². The van der Waals surface area contributed by atoms with Crippen LogP contribution in [-0.4, -0.2) is 28.4 Å². The van der Waals surface area contributed by atoms with E-state index in [9.17, 15) is 10.1 Å². The van der Waals surface area contributed by atoms with Gasteiger partial charge in [-0.1, -0.05) is 19.9 Å². The lowest BCUT2D eigenvalue weighted by atomic mass is 9.77. The summed E-state index contributed by atoms with van der Waals surface area (Å²) in [6.45, 7) is 8.60. The number of aryl methyl sites for hydroxylation is 2. The Morgan fingerprint density at radius 1 is 1.45 bits per heavy atom. The molecule has 0 spiro atoms. The van der Waals surface area contributed by atoms with Crippen molar-refractivity contribution in [3.63, 3.8) is 0 Å². The second-order valence-corrected chi connectivity index (χ2v) is 6.22. The van der Waals surface area contributed by atoms with Gasteiger partial charge >= 0.3 is 0 Å². The molecule has 0 saturated carbocycles. The Balaban J connectivity index is 2.32. The summed E-state index contributed by atoms with van der Waals surface area (Å²) in [5, 5.41) is 9.43. The number of amides is 1. The molecule has 0 unspecified atom stereocenters. The molecular weight excluding hydrogens is 250 g/mol. The number of pyridine rings is 1. The van der Waals surface area contributed by atoms with Gasteiger partial charge in [0.1, 0.15) is 11.7 Å². The van der Waals surface area contributed by atoms with Gasteiger partial charge in [0.2, 0.25) is 0 Å². The van der Waals surface area contributed by atoms with E-state index < -0.39 is 0 Å². The standard InChI is InChI=1S/C16H21N3O/c1-11-6-7-13(18-12(11)2)15(20)19-9-5-8-16(3,4)14(19)10-17/h6-7,14H,5,8-9H2,1-4H3/t14-/m0/s1. The summed E-state index contributed by atoms with van der Waals surface area (Å²) in [4.78, 5) is 18.7. The van der Waals surface area contributed by atoms with E-state index in [0.29, 0.717) is 12.2 Å². The smallest absolute Gasteiger partial charge is 0.273 e. The largest absolute Gasteiger partial charge is 0.321 e. The van der Waals surface area contributed by atoms with E-state index in [2.05, 4.69) is 11.1 Å². The molecule has 106 valence electrons. The van der Waals surface area contributed by atoms with Gasteiger partial charge in [0.15, 0.2) is 0 Å². The van der Waals surface area contributed by atoms with Crippen molar-refractivity contribution < 1.29 is 4.79 Å². The van der Waals surface area contributed by atoms with Gasteiger partial charge in [-0.25, -0.2) is 4.98 Å². The highest BCUT2D eigenvalue weighted by atomic mass is 16.2. The number of hydrogen-bond donors (Lipinski definition) is 0. The van der Waals surface area contributed by atoms with Crippen LogP contribution in [0.1, 0.15) is 48.4 Å². The molecule has 1 aromatic rings. The van der Waals surface area contributed by atoms with Crippen molar-refractivity contribution in [2.45, 2.75) is 46.6 Å². The zero-order chi connectivity index (χ0) is 14.9. The lowest BCUT2D eigenvalue weighted by Gasteiger charge is -2.42. The van der Waals surface area contributed by atoms with Crippen LogP contribution in [0.3, 0.4) is 0 Å². The summed E-state index contributed by atoms with van der Waals surface area (Å²) < 4.78 is 0. The summed E-state index contributed by atoms with van der Waals surface area (Å²) in [5.41, 5.74) is 2.20. The molecule has 20 heavy (non-hydrogen) atoms. The first-order valence-corrected chi connectivity index (χ1v) is 7.01. The molecule has 2 rings (SSSR count). The molecule has 2 heterocycles. The third-order valence-corrected chi connectivity index (χ3v) is 4.22. The number of nitrogens with zero attached hydrogens (tertiary/aromatic N) is 3. The molecule has 1 aromatic heterocycles. The zero-order valence-electron chi connectivity index (χ0n) is 12.6. The fourth-order valence-electron chi connectivity index (χ4n) is 2.75. The van der Waals surface area contributed by atoms with Crippen LogP contribution >= 0.6 is 0 Å². The zero-order valence-corrected chi connectivity index (χ0v) is 12.6. The summed E-state index contributed by atoms with van der Waals surface area (Å²) >= 11 is 0. The molecule has 0 radical (unpaired) electrons. The molecule has 4 nitrogen and oxygen atoms in total. The Bertz CT molecular complexity index is 572. The van der Waals surface area contributed by atoms with E-state index in [0.717, 1.165) is 24.1 Å². The first-order chi connectivity index (χ1) is 9.36. The quantitative estimate of drug-likeness (QED) is 0.789. The fraction of sp³-hybridized carbons (Fsp3) is 0.562. The molecule has 1 amide bonds. The number of aromatic nitrogens is 1. The summed E-state index contributed by atoms with van der Waals surface area (Å²) in [5.74, 6) is -0.132. The predicted molar refractivity (Wildman–Crippen MR) is 77.2 cm³/mol. The van der Waals surface area contributed by atoms with Crippen LogP contribution in [-0.2, 0) is 0 Å². The minimum absolute atomic E-state index is 0.132. The van der Waals surface area contributed by atoms with Crippen molar-refractivity contribution in [1.29, 1.82) is 5.26 Å². The third kappa shape index (κ3) is 2.53. The van der Waals surface area contributed by atoms with Gasteiger partial charge in [0.05, 0.1) is 6.07 Å². The van der Waals surface area contributed by atoms with Crippen LogP contribution in [0.2, 0.25) is 0 Å². The minimum Gasteiger partial charge on any atom is -0.321 e. The molecule has 0 N–H and O–H groups in total. The molecular formula is C16H21N3O. The molecule has 1 fully saturated rings.